The molecule has 2 atom stereocenters. The first-order valence-corrected chi connectivity index (χ1v) is 9.81. The molecule has 1 aromatic rings. The van der Waals surface area contributed by atoms with Crippen molar-refractivity contribution in [3.63, 3.8) is 0 Å². The second-order valence-electron chi connectivity index (χ2n) is 7.99. The lowest BCUT2D eigenvalue weighted by Gasteiger charge is -2.40. The van der Waals surface area contributed by atoms with Gasteiger partial charge in [-0.3, -0.25) is 0 Å². The van der Waals surface area contributed by atoms with Gasteiger partial charge < -0.3 is 19.5 Å². The van der Waals surface area contributed by atoms with Crippen LogP contribution in [0, 0.1) is 12.3 Å². The molecule has 3 aliphatic rings. The summed E-state index contributed by atoms with van der Waals surface area (Å²) in [7, 11) is 0. The summed E-state index contributed by atoms with van der Waals surface area (Å²) in [5.74, 6) is 1.02. The van der Waals surface area contributed by atoms with Gasteiger partial charge in [-0.15, -0.1) is 0 Å². The third-order valence-electron chi connectivity index (χ3n) is 6.66. The molecule has 3 fully saturated rings. The van der Waals surface area contributed by atoms with E-state index in [4.69, 9.17) is 4.74 Å². The fraction of sp³-hybridized carbons (Fsp3) is 0.789. The molecule has 1 saturated carbocycles. The largest absolute Gasteiger partial charge is 0.381 e. The van der Waals surface area contributed by atoms with E-state index in [1.165, 1.54) is 12.8 Å². The van der Waals surface area contributed by atoms with Crippen molar-refractivity contribution < 1.29 is 9.53 Å². The first-order chi connectivity index (χ1) is 12.2. The minimum atomic E-state index is 0.137. The molecule has 0 aromatic carbocycles. The molecule has 6 heteroatoms. The smallest absolute Gasteiger partial charge is 0.317 e. The zero-order valence-electron chi connectivity index (χ0n) is 15.2. The molecular formula is C19H30N4O2. The molecule has 138 valence electrons. The Labute approximate surface area is 149 Å². The molecule has 2 aliphatic heterocycles. The minimum absolute atomic E-state index is 0.137. The van der Waals surface area contributed by atoms with Crippen molar-refractivity contribution in [2.24, 2.45) is 5.41 Å². The van der Waals surface area contributed by atoms with Crippen LogP contribution in [0.25, 0.3) is 0 Å². The fourth-order valence-corrected chi connectivity index (χ4v) is 5.09. The highest BCUT2D eigenvalue weighted by molar-refractivity contribution is 5.75. The minimum Gasteiger partial charge on any atom is -0.381 e. The summed E-state index contributed by atoms with van der Waals surface area (Å²) in [5, 5.41) is 3.41. The number of aromatic nitrogens is 2. The number of likely N-dealkylation sites (tertiary alicyclic amines) is 1. The highest BCUT2D eigenvalue weighted by atomic mass is 16.5. The maximum atomic E-state index is 13.0. The van der Waals surface area contributed by atoms with Gasteiger partial charge in [-0.05, 0) is 50.9 Å². The van der Waals surface area contributed by atoms with Crippen molar-refractivity contribution in [1.29, 1.82) is 0 Å². The van der Waals surface area contributed by atoms with Gasteiger partial charge in [0.25, 0.3) is 0 Å². The van der Waals surface area contributed by atoms with E-state index in [-0.39, 0.29) is 17.5 Å². The average molecular weight is 346 g/mol. The Morgan fingerprint density at radius 3 is 2.92 bits per heavy atom. The van der Waals surface area contributed by atoms with Crippen LogP contribution in [0.2, 0.25) is 0 Å². The second-order valence-corrected chi connectivity index (χ2v) is 7.99. The summed E-state index contributed by atoms with van der Waals surface area (Å²) >= 11 is 0. The van der Waals surface area contributed by atoms with E-state index in [1.54, 1.807) is 0 Å². The molecule has 1 aromatic heterocycles. The number of hydrogen-bond acceptors (Lipinski definition) is 3. The van der Waals surface area contributed by atoms with E-state index in [9.17, 15) is 4.79 Å². The first-order valence-electron chi connectivity index (χ1n) is 9.81. The van der Waals surface area contributed by atoms with Gasteiger partial charge in [0.15, 0.2) is 0 Å². The Morgan fingerprint density at radius 2 is 2.16 bits per heavy atom. The average Bonchev–Trinajstić information content (AvgIpc) is 3.32. The number of ether oxygens (including phenoxy) is 1. The maximum Gasteiger partial charge on any atom is 0.317 e. The number of carbonyl (C=O) groups is 1. The Bertz CT molecular complexity index is 608. The topological polar surface area (TPSA) is 59.4 Å². The van der Waals surface area contributed by atoms with Gasteiger partial charge in [0.1, 0.15) is 5.82 Å². The number of carbonyl (C=O) groups excluding carboxylic acids is 1. The first kappa shape index (κ1) is 16.9. The molecule has 0 radical (unpaired) electrons. The van der Waals surface area contributed by atoms with Crippen LogP contribution in [0.5, 0.6) is 0 Å². The van der Waals surface area contributed by atoms with E-state index >= 15 is 0 Å². The number of nitrogens with one attached hydrogen (secondary N) is 1. The number of imidazole rings is 1. The van der Waals surface area contributed by atoms with Gasteiger partial charge in [0.05, 0.1) is 6.04 Å². The third-order valence-corrected chi connectivity index (χ3v) is 6.66. The summed E-state index contributed by atoms with van der Waals surface area (Å²) < 4.78 is 7.72. The van der Waals surface area contributed by atoms with Crippen LogP contribution in [-0.2, 0) is 11.3 Å². The molecule has 0 bridgehead atoms. The van der Waals surface area contributed by atoms with Crippen molar-refractivity contribution in [3.05, 3.63) is 18.2 Å². The molecule has 1 spiro atoms. The van der Waals surface area contributed by atoms with Gasteiger partial charge in [-0.1, -0.05) is 6.42 Å². The molecule has 1 aliphatic carbocycles. The molecule has 25 heavy (non-hydrogen) atoms. The van der Waals surface area contributed by atoms with E-state index in [1.807, 2.05) is 19.3 Å². The third kappa shape index (κ3) is 3.28. The predicted molar refractivity (Wildman–Crippen MR) is 95.3 cm³/mol. The number of urea groups is 1. The Balaban J connectivity index is 1.40. The molecular weight excluding hydrogens is 316 g/mol. The number of hydrogen-bond donors (Lipinski definition) is 1. The molecule has 2 saturated heterocycles. The van der Waals surface area contributed by atoms with Crippen LogP contribution < -0.4 is 5.32 Å². The Kier molecular flexibility index (Phi) is 4.71. The second kappa shape index (κ2) is 6.98. The van der Waals surface area contributed by atoms with Gasteiger partial charge >= 0.3 is 6.03 Å². The molecule has 1 N–H and O–H groups in total. The van der Waals surface area contributed by atoms with Crippen LogP contribution in [0.15, 0.2) is 12.4 Å². The lowest BCUT2D eigenvalue weighted by Crippen LogP contribution is -2.52. The monoisotopic (exact) mass is 346 g/mol. The molecule has 2 unspecified atom stereocenters. The Morgan fingerprint density at radius 1 is 1.32 bits per heavy atom. The molecule has 4 rings (SSSR count). The van der Waals surface area contributed by atoms with Crippen molar-refractivity contribution in [3.8, 4) is 0 Å². The van der Waals surface area contributed by atoms with Gasteiger partial charge in [0, 0.05) is 44.7 Å². The number of rotatable bonds is 3. The Hall–Kier alpha value is -1.56. The normalized spacial score (nSPS) is 28.6. The van der Waals surface area contributed by atoms with E-state index in [0.717, 1.165) is 64.2 Å². The van der Waals surface area contributed by atoms with Gasteiger partial charge in [-0.25, -0.2) is 9.78 Å². The lowest BCUT2D eigenvalue weighted by molar-refractivity contribution is 0.00532. The highest BCUT2D eigenvalue weighted by Crippen LogP contribution is 2.46. The SMILES string of the molecule is Cc1nccn1CC1CCCN1C(=O)NC1CCCC12CCOCC2. The van der Waals surface area contributed by atoms with Crippen molar-refractivity contribution in [2.75, 3.05) is 19.8 Å². The van der Waals surface area contributed by atoms with Crippen molar-refractivity contribution >= 4 is 6.03 Å². The van der Waals surface area contributed by atoms with Crippen molar-refractivity contribution in [2.45, 2.75) is 70.5 Å². The summed E-state index contributed by atoms with van der Waals surface area (Å²) in [6, 6.07) is 0.734. The van der Waals surface area contributed by atoms with E-state index in [0.29, 0.717) is 6.04 Å². The number of nitrogens with zero attached hydrogens (tertiary/aromatic N) is 3. The van der Waals surface area contributed by atoms with E-state index < -0.39 is 0 Å². The summed E-state index contributed by atoms with van der Waals surface area (Å²) in [5.41, 5.74) is 0.282. The quantitative estimate of drug-likeness (QED) is 0.915. The molecule has 6 nitrogen and oxygen atoms in total. The summed E-state index contributed by atoms with van der Waals surface area (Å²) in [4.78, 5) is 19.4. The number of amides is 2. The van der Waals surface area contributed by atoms with E-state index in [2.05, 4.69) is 19.8 Å². The van der Waals surface area contributed by atoms with Crippen LogP contribution in [0.3, 0.4) is 0 Å². The zero-order chi connectivity index (χ0) is 17.3. The van der Waals surface area contributed by atoms with Gasteiger partial charge in [0.2, 0.25) is 0 Å². The standard InChI is InChI=1S/C19H30N4O2/c1-15-20-9-11-22(15)14-16-4-3-10-23(16)18(24)21-17-5-2-6-19(17)7-12-25-13-8-19/h9,11,16-17H,2-8,10,12-14H2,1H3,(H,21,24). The van der Waals surface area contributed by atoms with Crippen LogP contribution in [0.1, 0.15) is 50.8 Å². The maximum absolute atomic E-state index is 13.0. The van der Waals surface area contributed by atoms with Crippen LogP contribution in [-0.4, -0.2) is 52.3 Å². The fourth-order valence-electron chi connectivity index (χ4n) is 5.09. The molecule has 3 heterocycles. The van der Waals surface area contributed by atoms with Crippen LogP contribution in [0.4, 0.5) is 4.79 Å². The summed E-state index contributed by atoms with van der Waals surface area (Å²) in [6.45, 7) is 5.43. The zero-order valence-corrected chi connectivity index (χ0v) is 15.2. The number of aryl methyl sites for hydroxylation is 1. The highest BCUT2D eigenvalue weighted by Gasteiger charge is 2.45. The predicted octanol–water partition coefficient (Wildman–Crippen LogP) is 2.71. The summed E-state index contributed by atoms with van der Waals surface area (Å²) in [6.07, 6.45) is 11.8. The lowest BCUT2D eigenvalue weighted by atomic mass is 9.75. The van der Waals surface area contributed by atoms with Gasteiger partial charge in [-0.2, -0.15) is 0 Å². The molecule has 2 amide bonds. The van der Waals surface area contributed by atoms with Crippen LogP contribution >= 0.6 is 0 Å². The van der Waals surface area contributed by atoms with Crippen molar-refractivity contribution in [1.82, 2.24) is 19.8 Å².